The average molecular weight is 318 g/mol. The number of carbonyl (C=O) groups is 1. The molecule has 1 aliphatic carbocycles. The van der Waals surface area contributed by atoms with Gasteiger partial charge in [0.2, 0.25) is 5.91 Å². The van der Waals surface area contributed by atoms with Crippen molar-refractivity contribution in [3.8, 4) is 0 Å². The lowest BCUT2D eigenvalue weighted by Gasteiger charge is -2.20. The first-order chi connectivity index (χ1) is 10.2. The number of nitrogens with zero attached hydrogens (tertiary/aromatic N) is 2. The molecule has 0 saturated heterocycles. The van der Waals surface area contributed by atoms with E-state index in [4.69, 9.17) is 5.73 Å². The van der Waals surface area contributed by atoms with Crippen LogP contribution in [0.4, 0.5) is 5.13 Å². The van der Waals surface area contributed by atoms with E-state index in [1.54, 1.807) is 0 Å². The maximum absolute atomic E-state index is 11.2. The molecule has 22 heavy (non-hydrogen) atoms. The summed E-state index contributed by atoms with van der Waals surface area (Å²) in [6.45, 7) is 11.4. The summed E-state index contributed by atoms with van der Waals surface area (Å²) < 4.78 is 0. The van der Waals surface area contributed by atoms with Crippen LogP contribution in [0.5, 0.6) is 0 Å². The Bertz CT molecular complexity index is 677. The Labute approximate surface area is 135 Å². The van der Waals surface area contributed by atoms with Gasteiger partial charge in [0, 0.05) is 12.3 Å². The minimum absolute atomic E-state index is 0.127. The molecule has 0 aliphatic heterocycles. The van der Waals surface area contributed by atoms with Crippen molar-refractivity contribution in [1.82, 2.24) is 4.98 Å². The van der Waals surface area contributed by atoms with Crippen molar-refractivity contribution in [3.05, 3.63) is 28.8 Å². The van der Waals surface area contributed by atoms with Crippen molar-refractivity contribution in [1.29, 1.82) is 0 Å². The van der Waals surface area contributed by atoms with Crippen LogP contribution < -0.4 is 11.1 Å². The van der Waals surface area contributed by atoms with Gasteiger partial charge in [0.15, 0.2) is 5.13 Å². The third-order valence-electron chi connectivity index (χ3n) is 3.38. The zero-order valence-corrected chi connectivity index (χ0v) is 14.3. The highest BCUT2D eigenvalue weighted by molar-refractivity contribution is 7.17. The lowest BCUT2D eigenvalue weighted by atomic mass is 9.94. The lowest BCUT2D eigenvalue weighted by molar-refractivity contribution is -0.114. The van der Waals surface area contributed by atoms with Crippen LogP contribution in [0, 0.1) is 5.41 Å². The molecule has 0 bridgehead atoms. The maximum Gasteiger partial charge on any atom is 0.223 e. The molecule has 0 atom stereocenters. The predicted octanol–water partition coefficient (Wildman–Crippen LogP) is 3.35. The molecule has 0 fully saturated rings. The van der Waals surface area contributed by atoms with Gasteiger partial charge in [-0.05, 0) is 18.4 Å². The molecule has 6 heteroatoms. The van der Waals surface area contributed by atoms with Gasteiger partial charge in [-0.3, -0.25) is 4.79 Å². The molecule has 1 heterocycles. The van der Waals surface area contributed by atoms with Gasteiger partial charge in [0.05, 0.1) is 16.3 Å². The monoisotopic (exact) mass is 318 g/mol. The highest BCUT2D eigenvalue weighted by Gasteiger charge is 2.24. The second-order valence-corrected chi connectivity index (χ2v) is 7.30. The number of anilines is 1. The minimum atomic E-state index is -0.206. The normalized spacial score (nSPS) is 15.5. The molecule has 1 aliphatic rings. The molecule has 0 unspecified atom stereocenters. The van der Waals surface area contributed by atoms with E-state index in [2.05, 4.69) is 21.9 Å². The Morgan fingerprint density at radius 3 is 2.68 bits per heavy atom. The molecule has 0 saturated carbocycles. The number of allylic oxidation sites excluding steroid dienone is 2. The second kappa shape index (κ2) is 6.04. The van der Waals surface area contributed by atoms with Crippen LogP contribution >= 0.6 is 11.3 Å². The van der Waals surface area contributed by atoms with Crippen LogP contribution in [0.2, 0.25) is 0 Å². The number of rotatable bonds is 3. The van der Waals surface area contributed by atoms with Crippen molar-refractivity contribution in [2.45, 2.75) is 40.5 Å². The Kier molecular flexibility index (Phi) is 4.51. The average Bonchev–Trinajstić information content (AvgIpc) is 2.79. The summed E-state index contributed by atoms with van der Waals surface area (Å²) in [6.07, 6.45) is 3.48. The number of amidine groups is 1. The molecule has 1 aromatic rings. The zero-order valence-electron chi connectivity index (χ0n) is 13.5. The summed E-state index contributed by atoms with van der Waals surface area (Å²) >= 11 is 1.43. The van der Waals surface area contributed by atoms with E-state index >= 15 is 0 Å². The van der Waals surface area contributed by atoms with Gasteiger partial charge < -0.3 is 11.1 Å². The van der Waals surface area contributed by atoms with Gasteiger partial charge in [-0.2, -0.15) is 0 Å². The Hall–Kier alpha value is -1.95. The van der Waals surface area contributed by atoms with E-state index in [0.717, 1.165) is 34.7 Å². The molecule has 0 aromatic carbocycles. The third-order valence-corrected chi connectivity index (χ3v) is 4.40. The number of hydrogen-bond acceptors (Lipinski definition) is 4. The number of carbonyl (C=O) groups excluding carboxylic acids is 1. The standard InChI is InChI=1S/C16H22N4OS/c1-6-10-7-8-11-13(22-15(19-11)18-9(2)21)12(10)20-14(17)16(3,4)5/h6H,1,7-8H2,2-5H3,(H2,17,20)(H,18,19,21). The summed E-state index contributed by atoms with van der Waals surface area (Å²) in [5, 5.41) is 3.34. The van der Waals surface area contributed by atoms with E-state index in [1.807, 2.05) is 26.8 Å². The van der Waals surface area contributed by atoms with Crippen molar-refractivity contribution in [2.24, 2.45) is 16.1 Å². The molecule has 1 aromatic heterocycles. The number of nitrogens with one attached hydrogen (secondary N) is 1. The number of nitrogens with two attached hydrogens (primary N) is 1. The molecule has 118 valence electrons. The van der Waals surface area contributed by atoms with Crippen molar-refractivity contribution in [3.63, 3.8) is 0 Å². The summed E-state index contributed by atoms with van der Waals surface area (Å²) in [5.41, 5.74) is 8.79. The van der Waals surface area contributed by atoms with Gasteiger partial charge in [-0.15, -0.1) is 0 Å². The SMILES string of the molecule is C=CC1=C(N=C(N)C(C)(C)C)c2sc(NC(C)=O)nc2CC1. The van der Waals surface area contributed by atoms with Crippen LogP contribution in [-0.2, 0) is 11.2 Å². The largest absolute Gasteiger partial charge is 0.387 e. The van der Waals surface area contributed by atoms with E-state index in [1.165, 1.54) is 18.3 Å². The van der Waals surface area contributed by atoms with Crippen LogP contribution in [0.1, 0.15) is 44.7 Å². The first-order valence-electron chi connectivity index (χ1n) is 7.20. The van der Waals surface area contributed by atoms with Crippen LogP contribution in [0.15, 0.2) is 23.2 Å². The lowest BCUT2D eigenvalue weighted by Crippen LogP contribution is -2.29. The first kappa shape index (κ1) is 16.4. The highest BCUT2D eigenvalue weighted by Crippen LogP contribution is 2.38. The third kappa shape index (κ3) is 3.44. The highest BCUT2D eigenvalue weighted by atomic mass is 32.1. The predicted molar refractivity (Wildman–Crippen MR) is 92.9 cm³/mol. The van der Waals surface area contributed by atoms with Crippen molar-refractivity contribution >= 4 is 33.9 Å². The van der Waals surface area contributed by atoms with E-state index in [-0.39, 0.29) is 11.3 Å². The summed E-state index contributed by atoms with van der Waals surface area (Å²) in [5.74, 6) is 0.447. The minimum Gasteiger partial charge on any atom is -0.387 e. The zero-order chi connectivity index (χ0) is 16.5. The first-order valence-corrected chi connectivity index (χ1v) is 8.02. The molecule has 5 nitrogen and oxygen atoms in total. The van der Waals surface area contributed by atoms with Crippen LogP contribution in [0.3, 0.4) is 0 Å². The van der Waals surface area contributed by atoms with Crippen molar-refractivity contribution in [2.75, 3.05) is 5.32 Å². The maximum atomic E-state index is 11.2. The molecular formula is C16H22N4OS. The Morgan fingerprint density at radius 2 is 2.14 bits per heavy atom. The number of aromatic nitrogens is 1. The van der Waals surface area contributed by atoms with Gasteiger partial charge in [0.25, 0.3) is 0 Å². The summed E-state index contributed by atoms with van der Waals surface area (Å²) in [6, 6.07) is 0. The van der Waals surface area contributed by atoms with Crippen molar-refractivity contribution < 1.29 is 4.79 Å². The molecule has 0 spiro atoms. The smallest absolute Gasteiger partial charge is 0.223 e. The topological polar surface area (TPSA) is 80.4 Å². The van der Waals surface area contributed by atoms with Crippen LogP contribution in [-0.4, -0.2) is 16.7 Å². The fourth-order valence-electron chi connectivity index (χ4n) is 2.04. The second-order valence-electron chi connectivity index (χ2n) is 6.30. The number of fused-ring (bicyclic) bond motifs is 1. The number of amides is 1. The molecular weight excluding hydrogens is 296 g/mol. The number of aryl methyl sites for hydroxylation is 1. The van der Waals surface area contributed by atoms with Gasteiger partial charge >= 0.3 is 0 Å². The molecule has 3 N–H and O–H groups in total. The van der Waals surface area contributed by atoms with E-state index in [9.17, 15) is 4.79 Å². The Morgan fingerprint density at radius 1 is 1.45 bits per heavy atom. The van der Waals surface area contributed by atoms with Gasteiger partial charge in [-0.1, -0.05) is 44.8 Å². The molecule has 0 radical (unpaired) electrons. The molecule has 1 amide bonds. The van der Waals surface area contributed by atoms with Gasteiger partial charge in [0.1, 0.15) is 5.84 Å². The number of aliphatic imine (C=N–C) groups is 1. The van der Waals surface area contributed by atoms with E-state index < -0.39 is 0 Å². The quantitative estimate of drug-likeness (QED) is 0.662. The Balaban J connectivity index is 2.51. The number of thiazole rings is 1. The number of hydrogen-bond donors (Lipinski definition) is 2. The molecule has 2 rings (SSSR count). The fraction of sp³-hybridized carbons (Fsp3) is 0.438. The van der Waals surface area contributed by atoms with Crippen LogP contribution in [0.25, 0.3) is 5.70 Å². The fourth-order valence-corrected chi connectivity index (χ4v) is 3.12. The summed E-state index contributed by atoms with van der Waals surface area (Å²) in [4.78, 5) is 21.3. The van der Waals surface area contributed by atoms with E-state index in [0.29, 0.717) is 11.0 Å². The van der Waals surface area contributed by atoms with Gasteiger partial charge in [-0.25, -0.2) is 9.98 Å². The summed E-state index contributed by atoms with van der Waals surface area (Å²) in [7, 11) is 0.